The van der Waals surface area contributed by atoms with Crippen LogP contribution in [-0.4, -0.2) is 36.2 Å². The predicted octanol–water partition coefficient (Wildman–Crippen LogP) is 5.08. The molecule has 1 aliphatic heterocycles. The molecule has 2 aromatic carbocycles. The van der Waals surface area contributed by atoms with E-state index in [1.807, 2.05) is 13.8 Å². The first-order chi connectivity index (χ1) is 17.1. The average molecular weight is 503 g/mol. The number of alkyl halides is 2. The van der Waals surface area contributed by atoms with Gasteiger partial charge in [-0.05, 0) is 77.6 Å². The van der Waals surface area contributed by atoms with E-state index in [4.69, 9.17) is 0 Å². The Hall–Kier alpha value is -3.36. The minimum Gasteiger partial charge on any atom is -0.435 e. The minimum atomic E-state index is -2.98. The molecular formula is C27H29F3N2O4. The van der Waals surface area contributed by atoms with Gasteiger partial charge >= 0.3 is 6.61 Å². The van der Waals surface area contributed by atoms with Crippen LogP contribution in [0, 0.1) is 5.82 Å². The highest BCUT2D eigenvalue weighted by atomic mass is 19.3. The highest BCUT2D eigenvalue weighted by Crippen LogP contribution is 2.41. The Morgan fingerprint density at radius 2 is 1.97 bits per heavy atom. The number of carbonyl (C=O) groups excluding carboxylic acids is 3. The summed E-state index contributed by atoms with van der Waals surface area (Å²) in [5.74, 6) is -1.24. The van der Waals surface area contributed by atoms with Gasteiger partial charge in [0.1, 0.15) is 23.9 Å². The van der Waals surface area contributed by atoms with Crippen molar-refractivity contribution in [2.24, 2.45) is 0 Å². The van der Waals surface area contributed by atoms with Gasteiger partial charge in [-0.2, -0.15) is 8.78 Å². The Morgan fingerprint density at radius 1 is 1.19 bits per heavy atom. The summed E-state index contributed by atoms with van der Waals surface area (Å²) in [6, 6.07) is 6.32. The maximum absolute atomic E-state index is 15.0. The van der Waals surface area contributed by atoms with Crippen LogP contribution in [0.15, 0.2) is 30.3 Å². The molecule has 1 aliphatic carbocycles. The highest BCUT2D eigenvalue weighted by Gasteiger charge is 2.37. The smallest absolute Gasteiger partial charge is 0.387 e. The molecule has 2 aromatic rings. The number of rotatable bonds is 8. The summed E-state index contributed by atoms with van der Waals surface area (Å²) in [4.78, 5) is 38.6. The summed E-state index contributed by atoms with van der Waals surface area (Å²) >= 11 is 0. The van der Waals surface area contributed by atoms with Gasteiger partial charge in [-0.15, -0.1) is 0 Å². The summed E-state index contributed by atoms with van der Waals surface area (Å²) in [6.45, 7) is 1.18. The number of hydrogen-bond donors (Lipinski definition) is 1. The van der Waals surface area contributed by atoms with E-state index in [2.05, 4.69) is 10.1 Å². The summed E-state index contributed by atoms with van der Waals surface area (Å²) in [5, 5.41) is 2.77. The fourth-order valence-electron chi connectivity index (χ4n) is 5.28. The molecule has 4 rings (SSSR count). The highest BCUT2D eigenvalue weighted by molar-refractivity contribution is 5.98. The number of ether oxygens (including phenoxy) is 1. The second-order valence-electron chi connectivity index (χ2n) is 9.90. The summed E-state index contributed by atoms with van der Waals surface area (Å²) in [6.07, 6.45) is 3.26. The van der Waals surface area contributed by atoms with Crippen LogP contribution in [0.4, 0.5) is 18.9 Å². The topological polar surface area (TPSA) is 75.7 Å². The first kappa shape index (κ1) is 25.7. The van der Waals surface area contributed by atoms with Crippen LogP contribution in [0.2, 0.25) is 0 Å². The molecule has 9 heteroatoms. The van der Waals surface area contributed by atoms with Crippen LogP contribution in [0.5, 0.6) is 5.75 Å². The van der Waals surface area contributed by atoms with Crippen molar-refractivity contribution in [1.29, 1.82) is 0 Å². The molecule has 1 atom stereocenters. The third kappa shape index (κ3) is 5.24. The van der Waals surface area contributed by atoms with Crippen molar-refractivity contribution < 1.29 is 32.3 Å². The quantitative estimate of drug-likeness (QED) is 0.403. The SMILES string of the molecule is CC1(C)CCc2cc(NC(=O)C3c4ccc(OC(F)F)cc4CCN3C(=O)CCCC=O)cc(F)c21. The lowest BCUT2D eigenvalue weighted by molar-refractivity contribution is -0.139. The maximum Gasteiger partial charge on any atom is 0.387 e. The number of carbonyl (C=O) groups is 3. The molecule has 36 heavy (non-hydrogen) atoms. The van der Waals surface area contributed by atoms with Crippen LogP contribution in [0.25, 0.3) is 0 Å². The van der Waals surface area contributed by atoms with Crippen LogP contribution in [0.1, 0.15) is 67.8 Å². The Balaban J connectivity index is 1.64. The van der Waals surface area contributed by atoms with Crippen molar-refractivity contribution in [3.8, 4) is 5.75 Å². The number of amides is 2. The lowest BCUT2D eigenvalue weighted by Crippen LogP contribution is -2.45. The molecule has 1 unspecified atom stereocenters. The summed E-state index contributed by atoms with van der Waals surface area (Å²) < 4.78 is 44.9. The van der Waals surface area contributed by atoms with Crippen LogP contribution >= 0.6 is 0 Å². The Morgan fingerprint density at radius 3 is 2.69 bits per heavy atom. The van der Waals surface area contributed by atoms with Gasteiger partial charge in [0.2, 0.25) is 5.91 Å². The number of fused-ring (bicyclic) bond motifs is 2. The van der Waals surface area contributed by atoms with Gasteiger partial charge in [0, 0.05) is 25.1 Å². The largest absolute Gasteiger partial charge is 0.435 e. The van der Waals surface area contributed by atoms with Crippen molar-refractivity contribution in [3.63, 3.8) is 0 Å². The summed E-state index contributed by atoms with van der Waals surface area (Å²) in [7, 11) is 0. The molecule has 0 fully saturated rings. The molecule has 2 amide bonds. The van der Waals surface area contributed by atoms with Crippen molar-refractivity contribution in [3.05, 3.63) is 58.4 Å². The first-order valence-corrected chi connectivity index (χ1v) is 12.0. The molecule has 6 nitrogen and oxygen atoms in total. The Bertz CT molecular complexity index is 1180. The summed E-state index contributed by atoms with van der Waals surface area (Å²) in [5.41, 5.74) is 2.62. The van der Waals surface area contributed by atoms with Crippen molar-refractivity contribution in [1.82, 2.24) is 4.90 Å². The fraction of sp³-hybridized carbons (Fsp3) is 0.444. The van der Waals surface area contributed by atoms with E-state index in [-0.39, 0.29) is 42.3 Å². The third-order valence-electron chi connectivity index (χ3n) is 6.98. The average Bonchev–Trinajstić information content (AvgIpc) is 3.12. The fourth-order valence-corrected chi connectivity index (χ4v) is 5.28. The van der Waals surface area contributed by atoms with Gasteiger partial charge in [-0.25, -0.2) is 4.39 Å². The predicted molar refractivity (Wildman–Crippen MR) is 128 cm³/mol. The lowest BCUT2D eigenvalue weighted by atomic mass is 9.86. The maximum atomic E-state index is 15.0. The molecule has 0 saturated carbocycles. The van der Waals surface area contributed by atoms with Gasteiger partial charge in [-0.1, -0.05) is 19.9 Å². The molecular weight excluding hydrogens is 473 g/mol. The van der Waals surface area contributed by atoms with Gasteiger partial charge in [-0.3, -0.25) is 9.59 Å². The number of unbranched alkanes of at least 4 members (excludes halogenated alkanes) is 1. The van der Waals surface area contributed by atoms with E-state index in [9.17, 15) is 27.6 Å². The second kappa shape index (κ2) is 10.3. The molecule has 1 heterocycles. The number of aldehydes is 1. The third-order valence-corrected chi connectivity index (χ3v) is 6.98. The number of anilines is 1. The number of nitrogens with zero attached hydrogens (tertiary/aromatic N) is 1. The van der Waals surface area contributed by atoms with E-state index in [0.29, 0.717) is 41.6 Å². The second-order valence-corrected chi connectivity index (χ2v) is 9.90. The zero-order valence-electron chi connectivity index (χ0n) is 20.3. The number of benzene rings is 2. The zero-order chi connectivity index (χ0) is 26.0. The standard InChI is InChI=1S/C27H29F3N2O4/c1-27(2)10-8-17-13-18(15-21(28)23(17)27)31-25(35)24-20-7-6-19(36-26(29)30)14-16(20)9-11-32(24)22(34)5-3-4-12-33/h6-7,12-15,24,26H,3-5,8-11H2,1-2H3,(H,31,35). The minimum absolute atomic E-state index is 0.0306. The molecule has 0 spiro atoms. The van der Waals surface area contributed by atoms with Crippen LogP contribution < -0.4 is 10.1 Å². The first-order valence-electron chi connectivity index (χ1n) is 12.0. The normalized spacial score (nSPS) is 17.9. The van der Waals surface area contributed by atoms with Gasteiger partial charge in [0.05, 0.1) is 0 Å². The Kier molecular flexibility index (Phi) is 7.38. The van der Waals surface area contributed by atoms with Crippen LogP contribution in [-0.2, 0) is 32.6 Å². The van der Waals surface area contributed by atoms with Gasteiger partial charge in [0.25, 0.3) is 5.91 Å². The molecule has 0 aromatic heterocycles. The van der Waals surface area contributed by atoms with Gasteiger partial charge < -0.3 is 19.7 Å². The van der Waals surface area contributed by atoms with Crippen LogP contribution in [0.3, 0.4) is 0 Å². The van der Waals surface area contributed by atoms with E-state index < -0.39 is 18.6 Å². The van der Waals surface area contributed by atoms with E-state index in [0.717, 1.165) is 18.3 Å². The molecule has 1 N–H and O–H groups in total. The number of aryl methyl sites for hydroxylation is 1. The number of nitrogens with one attached hydrogen (secondary N) is 1. The molecule has 0 saturated heterocycles. The number of hydrogen-bond acceptors (Lipinski definition) is 4. The monoisotopic (exact) mass is 502 g/mol. The van der Waals surface area contributed by atoms with E-state index in [1.54, 1.807) is 6.07 Å². The van der Waals surface area contributed by atoms with Crippen molar-refractivity contribution >= 4 is 23.8 Å². The van der Waals surface area contributed by atoms with E-state index >= 15 is 0 Å². The molecule has 192 valence electrons. The number of halogens is 3. The molecule has 0 bridgehead atoms. The Labute approximate surface area is 207 Å². The van der Waals surface area contributed by atoms with Gasteiger partial charge in [0.15, 0.2) is 0 Å². The zero-order valence-corrected chi connectivity index (χ0v) is 20.3. The van der Waals surface area contributed by atoms with E-state index in [1.165, 1.54) is 29.2 Å². The molecule has 2 aliphatic rings. The lowest BCUT2D eigenvalue weighted by Gasteiger charge is -2.36. The van der Waals surface area contributed by atoms with Crippen molar-refractivity contribution in [2.75, 3.05) is 11.9 Å². The molecule has 0 radical (unpaired) electrons. The van der Waals surface area contributed by atoms with Crippen molar-refractivity contribution in [2.45, 2.75) is 70.4 Å².